The second-order valence-corrected chi connectivity index (χ2v) is 6.86. The standard InChI is InChI=1S/C21H30N4O/c1-17-9-4-5-10-18(17)15-23-21(22-2)24-16-19(20-11-8-14-26-20)25-12-6-3-7-13-25/h4-5,8-11,14,19H,3,6-7,12-13,15-16H2,1-2H3,(H2,22,23,24). The molecule has 140 valence electrons. The highest BCUT2D eigenvalue weighted by atomic mass is 16.3. The highest BCUT2D eigenvalue weighted by molar-refractivity contribution is 5.79. The molecule has 5 nitrogen and oxygen atoms in total. The zero-order valence-corrected chi connectivity index (χ0v) is 15.9. The van der Waals surface area contributed by atoms with Gasteiger partial charge in [0.15, 0.2) is 5.96 Å². The molecule has 1 aromatic carbocycles. The van der Waals surface area contributed by atoms with Crippen molar-refractivity contribution in [3.05, 3.63) is 59.5 Å². The number of nitrogens with one attached hydrogen (secondary N) is 2. The molecule has 1 aromatic heterocycles. The maximum Gasteiger partial charge on any atom is 0.191 e. The largest absolute Gasteiger partial charge is 0.468 e. The molecule has 1 aliphatic rings. The summed E-state index contributed by atoms with van der Waals surface area (Å²) in [5, 5.41) is 6.90. The van der Waals surface area contributed by atoms with Gasteiger partial charge in [-0.2, -0.15) is 0 Å². The van der Waals surface area contributed by atoms with Crippen molar-refractivity contribution in [2.24, 2.45) is 4.99 Å². The summed E-state index contributed by atoms with van der Waals surface area (Å²) in [6.07, 6.45) is 5.61. The fourth-order valence-electron chi connectivity index (χ4n) is 3.52. The van der Waals surface area contributed by atoms with Gasteiger partial charge in [0.1, 0.15) is 5.76 Å². The Morgan fingerprint density at radius 3 is 2.62 bits per heavy atom. The van der Waals surface area contributed by atoms with Gasteiger partial charge in [0, 0.05) is 20.1 Å². The molecule has 3 rings (SSSR count). The van der Waals surface area contributed by atoms with Crippen molar-refractivity contribution >= 4 is 5.96 Å². The summed E-state index contributed by atoms with van der Waals surface area (Å²) in [5.74, 6) is 1.84. The highest BCUT2D eigenvalue weighted by Gasteiger charge is 2.24. The van der Waals surface area contributed by atoms with Gasteiger partial charge in [-0.3, -0.25) is 9.89 Å². The Balaban J connectivity index is 1.59. The number of guanidine groups is 1. The lowest BCUT2D eigenvalue weighted by molar-refractivity contribution is 0.146. The van der Waals surface area contributed by atoms with Gasteiger partial charge in [0.25, 0.3) is 0 Å². The van der Waals surface area contributed by atoms with E-state index < -0.39 is 0 Å². The molecule has 26 heavy (non-hydrogen) atoms. The number of piperidine rings is 1. The molecule has 0 aliphatic carbocycles. The van der Waals surface area contributed by atoms with Crippen LogP contribution in [0, 0.1) is 6.92 Å². The summed E-state index contributed by atoms with van der Waals surface area (Å²) in [7, 11) is 1.82. The molecular weight excluding hydrogens is 324 g/mol. The van der Waals surface area contributed by atoms with E-state index in [9.17, 15) is 0 Å². The van der Waals surface area contributed by atoms with Crippen LogP contribution < -0.4 is 10.6 Å². The molecule has 0 amide bonds. The number of benzene rings is 1. The van der Waals surface area contributed by atoms with Crippen LogP contribution in [0.5, 0.6) is 0 Å². The van der Waals surface area contributed by atoms with E-state index in [0.717, 1.165) is 37.9 Å². The van der Waals surface area contributed by atoms with Gasteiger partial charge in [0.2, 0.25) is 0 Å². The Kier molecular flexibility index (Phi) is 6.72. The smallest absolute Gasteiger partial charge is 0.191 e. The Labute approximate surface area is 156 Å². The Hall–Kier alpha value is -2.27. The third-order valence-electron chi connectivity index (χ3n) is 5.10. The number of hydrogen-bond donors (Lipinski definition) is 2. The van der Waals surface area contributed by atoms with Crippen molar-refractivity contribution in [1.29, 1.82) is 0 Å². The third-order valence-corrected chi connectivity index (χ3v) is 5.10. The summed E-state index contributed by atoms with van der Waals surface area (Å²) in [6.45, 7) is 5.93. The summed E-state index contributed by atoms with van der Waals surface area (Å²) in [5.41, 5.74) is 2.58. The van der Waals surface area contributed by atoms with Gasteiger partial charge in [0.05, 0.1) is 12.3 Å². The zero-order valence-electron chi connectivity index (χ0n) is 15.9. The predicted octanol–water partition coefficient (Wildman–Crippen LogP) is 3.48. The van der Waals surface area contributed by atoms with Crippen LogP contribution in [0.3, 0.4) is 0 Å². The Morgan fingerprint density at radius 1 is 1.12 bits per heavy atom. The van der Waals surface area contributed by atoms with E-state index in [1.807, 2.05) is 13.1 Å². The van der Waals surface area contributed by atoms with Crippen LogP contribution in [0.2, 0.25) is 0 Å². The Morgan fingerprint density at radius 2 is 1.92 bits per heavy atom. The average molecular weight is 354 g/mol. The van der Waals surface area contributed by atoms with Crippen molar-refractivity contribution < 1.29 is 4.42 Å². The van der Waals surface area contributed by atoms with Crippen molar-refractivity contribution in [2.75, 3.05) is 26.7 Å². The monoisotopic (exact) mass is 354 g/mol. The molecule has 2 aromatic rings. The van der Waals surface area contributed by atoms with Crippen LogP contribution in [0.4, 0.5) is 0 Å². The first kappa shape index (κ1) is 18.5. The van der Waals surface area contributed by atoms with E-state index >= 15 is 0 Å². The van der Waals surface area contributed by atoms with Gasteiger partial charge >= 0.3 is 0 Å². The molecule has 2 N–H and O–H groups in total. The van der Waals surface area contributed by atoms with Gasteiger partial charge in [-0.15, -0.1) is 0 Å². The molecule has 0 bridgehead atoms. The van der Waals surface area contributed by atoms with E-state index in [1.165, 1.54) is 30.4 Å². The van der Waals surface area contributed by atoms with Crippen molar-refractivity contribution in [2.45, 2.75) is 38.8 Å². The van der Waals surface area contributed by atoms with Crippen molar-refractivity contribution in [3.63, 3.8) is 0 Å². The third kappa shape index (κ3) is 4.88. The first-order chi connectivity index (χ1) is 12.8. The fourth-order valence-corrected chi connectivity index (χ4v) is 3.52. The summed E-state index contributed by atoms with van der Waals surface area (Å²) in [6, 6.07) is 12.7. The number of aryl methyl sites for hydroxylation is 1. The lowest BCUT2D eigenvalue weighted by Crippen LogP contribution is -2.44. The minimum Gasteiger partial charge on any atom is -0.468 e. The number of furan rings is 1. The van der Waals surface area contributed by atoms with Gasteiger partial charge in [-0.05, 0) is 56.1 Å². The fraction of sp³-hybridized carbons (Fsp3) is 0.476. The summed E-state index contributed by atoms with van der Waals surface area (Å²) >= 11 is 0. The number of rotatable bonds is 6. The lowest BCUT2D eigenvalue weighted by atomic mass is 10.1. The maximum atomic E-state index is 5.72. The molecule has 1 fully saturated rings. The number of aliphatic imine (C=N–C) groups is 1. The summed E-state index contributed by atoms with van der Waals surface area (Å²) < 4.78 is 5.72. The Bertz CT molecular complexity index is 690. The van der Waals surface area contributed by atoms with E-state index in [1.54, 1.807) is 6.26 Å². The SMILES string of the molecule is CN=C(NCc1ccccc1C)NCC(c1ccco1)N1CCCCC1. The van der Waals surface area contributed by atoms with E-state index in [-0.39, 0.29) is 6.04 Å². The van der Waals surface area contributed by atoms with Crippen molar-refractivity contribution in [1.82, 2.24) is 15.5 Å². The molecule has 1 unspecified atom stereocenters. The molecule has 0 spiro atoms. The van der Waals surface area contributed by atoms with Crippen LogP contribution in [0.25, 0.3) is 0 Å². The normalized spacial score (nSPS) is 17.1. The molecule has 1 aliphatic heterocycles. The predicted molar refractivity (Wildman–Crippen MR) is 106 cm³/mol. The molecule has 1 saturated heterocycles. The quantitative estimate of drug-likeness (QED) is 0.616. The topological polar surface area (TPSA) is 52.8 Å². The van der Waals surface area contributed by atoms with Gasteiger partial charge in [-0.25, -0.2) is 0 Å². The van der Waals surface area contributed by atoms with Crippen LogP contribution in [-0.4, -0.2) is 37.5 Å². The van der Waals surface area contributed by atoms with Crippen molar-refractivity contribution in [3.8, 4) is 0 Å². The molecule has 0 radical (unpaired) electrons. The first-order valence-corrected chi connectivity index (χ1v) is 9.54. The van der Waals surface area contributed by atoms with Gasteiger partial charge < -0.3 is 15.1 Å². The second-order valence-electron chi connectivity index (χ2n) is 6.86. The van der Waals surface area contributed by atoms with E-state index in [0.29, 0.717) is 0 Å². The van der Waals surface area contributed by atoms with Crippen LogP contribution in [0.1, 0.15) is 42.2 Å². The molecule has 0 saturated carbocycles. The lowest BCUT2D eigenvalue weighted by Gasteiger charge is -2.33. The zero-order chi connectivity index (χ0) is 18.2. The molecule has 1 atom stereocenters. The molecular formula is C21H30N4O. The van der Waals surface area contributed by atoms with Gasteiger partial charge in [-0.1, -0.05) is 30.7 Å². The number of likely N-dealkylation sites (tertiary alicyclic amines) is 1. The number of hydrogen-bond acceptors (Lipinski definition) is 3. The average Bonchev–Trinajstić information content (AvgIpc) is 3.21. The van der Waals surface area contributed by atoms with Crippen LogP contribution >= 0.6 is 0 Å². The van der Waals surface area contributed by atoms with Crippen LogP contribution in [-0.2, 0) is 6.54 Å². The molecule has 5 heteroatoms. The highest BCUT2D eigenvalue weighted by Crippen LogP contribution is 2.24. The van der Waals surface area contributed by atoms with E-state index in [4.69, 9.17) is 4.42 Å². The number of nitrogens with zero attached hydrogens (tertiary/aromatic N) is 2. The minimum absolute atomic E-state index is 0.238. The second kappa shape index (κ2) is 9.43. The first-order valence-electron chi connectivity index (χ1n) is 9.54. The summed E-state index contributed by atoms with van der Waals surface area (Å²) in [4.78, 5) is 6.89. The minimum atomic E-state index is 0.238. The molecule has 2 heterocycles. The maximum absolute atomic E-state index is 5.72. The van der Waals surface area contributed by atoms with E-state index in [2.05, 4.69) is 57.8 Å². The van der Waals surface area contributed by atoms with Crippen LogP contribution in [0.15, 0.2) is 52.1 Å².